The second-order valence-corrected chi connectivity index (χ2v) is 5.47. The fraction of sp³-hybridized carbons (Fsp3) is 0.385. The summed E-state index contributed by atoms with van der Waals surface area (Å²) in [5.41, 5.74) is -0.585. The number of carboxylic acid groups (broad SMARTS) is 1. The van der Waals surface area contributed by atoms with E-state index < -0.39 is 11.5 Å². The molecule has 2 rings (SSSR count). The quantitative estimate of drug-likeness (QED) is 0.913. The number of carboxylic acids is 1. The van der Waals surface area contributed by atoms with E-state index in [1.54, 1.807) is 25.1 Å². The molecule has 0 spiro atoms. The molecule has 1 aliphatic rings. The molecule has 1 fully saturated rings. The molecule has 1 saturated heterocycles. The van der Waals surface area contributed by atoms with Crippen LogP contribution in [-0.2, 0) is 4.79 Å². The van der Waals surface area contributed by atoms with E-state index in [1.165, 1.54) is 4.90 Å². The Morgan fingerprint density at radius 3 is 2.67 bits per heavy atom. The first kappa shape index (κ1) is 13.1. The van der Waals surface area contributed by atoms with Crippen LogP contribution in [-0.4, -0.2) is 34.0 Å². The molecule has 0 saturated carbocycles. The Bertz CT molecular complexity index is 503. The topological polar surface area (TPSA) is 57.6 Å². The van der Waals surface area contributed by atoms with Crippen LogP contribution in [0.4, 0.5) is 0 Å². The second kappa shape index (κ2) is 4.72. The molecule has 1 amide bonds. The number of amides is 1. The van der Waals surface area contributed by atoms with Crippen LogP contribution in [0, 0.1) is 0 Å². The van der Waals surface area contributed by atoms with Gasteiger partial charge < -0.3 is 10.0 Å². The van der Waals surface area contributed by atoms with Crippen LogP contribution in [0.1, 0.15) is 30.1 Å². The van der Waals surface area contributed by atoms with Crippen molar-refractivity contribution >= 4 is 27.8 Å². The molecule has 1 atom stereocenters. The number of hydrogen-bond donors (Lipinski definition) is 1. The number of rotatable bonds is 2. The molecule has 1 heterocycles. The van der Waals surface area contributed by atoms with Crippen LogP contribution in [0.5, 0.6) is 0 Å². The Morgan fingerprint density at radius 2 is 2.06 bits per heavy atom. The minimum Gasteiger partial charge on any atom is -0.480 e. The van der Waals surface area contributed by atoms with Crippen molar-refractivity contribution < 1.29 is 14.7 Å². The number of carbonyl (C=O) groups excluding carboxylic acids is 1. The van der Waals surface area contributed by atoms with Gasteiger partial charge in [-0.2, -0.15) is 0 Å². The van der Waals surface area contributed by atoms with Gasteiger partial charge >= 0.3 is 5.97 Å². The van der Waals surface area contributed by atoms with Crippen molar-refractivity contribution in [3.8, 4) is 0 Å². The molecule has 5 heteroatoms. The molecule has 1 aliphatic heterocycles. The van der Waals surface area contributed by atoms with E-state index >= 15 is 0 Å². The van der Waals surface area contributed by atoms with Gasteiger partial charge in [-0.25, -0.2) is 4.79 Å². The van der Waals surface area contributed by atoms with Crippen LogP contribution < -0.4 is 0 Å². The summed E-state index contributed by atoms with van der Waals surface area (Å²) >= 11 is 3.32. The summed E-state index contributed by atoms with van der Waals surface area (Å²) in [6.07, 6.45) is 1.22. The monoisotopic (exact) mass is 311 g/mol. The smallest absolute Gasteiger partial charge is 0.329 e. The predicted octanol–water partition coefficient (Wildman–Crippen LogP) is 2.53. The average molecular weight is 312 g/mol. The SMILES string of the molecule is CC1(C(=O)O)CCCN1C(=O)c1ccccc1Br. The van der Waals surface area contributed by atoms with Gasteiger partial charge in [0, 0.05) is 11.0 Å². The van der Waals surface area contributed by atoms with Gasteiger partial charge in [-0.3, -0.25) is 4.79 Å². The van der Waals surface area contributed by atoms with E-state index in [-0.39, 0.29) is 5.91 Å². The van der Waals surface area contributed by atoms with Crippen LogP contribution >= 0.6 is 15.9 Å². The minimum absolute atomic E-state index is 0.232. The number of halogens is 1. The van der Waals surface area contributed by atoms with Gasteiger partial charge in [-0.05, 0) is 47.8 Å². The van der Waals surface area contributed by atoms with Crippen molar-refractivity contribution in [2.45, 2.75) is 25.3 Å². The highest BCUT2D eigenvalue weighted by molar-refractivity contribution is 9.10. The van der Waals surface area contributed by atoms with Crippen LogP contribution in [0.2, 0.25) is 0 Å². The van der Waals surface area contributed by atoms with Crippen molar-refractivity contribution in [3.63, 3.8) is 0 Å². The van der Waals surface area contributed by atoms with Gasteiger partial charge in [-0.1, -0.05) is 12.1 Å². The molecule has 1 N–H and O–H groups in total. The van der Waals surface area contributed by atoms with E-state index in [9.17, 15) is 14.7 Å². The molecule has 1 unspecified atom stereocenters. The largest absolute Gasteiger partial charge is 0.480 e. The van der Waals surface area contributed by atoms with E-state index in [0.717, 1.165) is 6.42 Å². The lowest BCUT2D eigenvalue weighted by Gasteiger charge is -2.31. The fourth-order valence-electron chi connectivity index (χ4n) is 2.29. The zero-order valence-electron chi connectivity index (χ0n) is 10.0. The number of nitrogens with zero attached hydrogens (tertiary/aromatic N) is 1. The van der Waals surface area contributed by atoms with Crippen molar-refractivity contribution in [2.75, 3.05) is 6.54 Å². The Labute approximate surface area is 114 Å². The predicted molar refractivity (Wildman–Crippen MR) is 70.5 cm³/mol. The lowest BCUT2D eigenvalue weighted by atomic mass is 9.98. The molecule has 1 aromatic carbocycles. The summed E-state index contributed by atoms with van der Waals surface area (Å²) in [6, 6.07) is 7.07. The first-order valence-corrected chi connectivity index (χ1v) is 6.56. The second-order valence-electron chi connectivity index (χ2n) is 4.62. The van der Waals surface area contributed by atoms with Gasteiger partial charge in [0.2, 0.25) is 0 Å². The Morgan fingerprint density at radius 1 is 1.39 bits per heavy atom. The van der Waals surface area contributed by atoms with E-state index in [2.05, 4.69) is 15.9 Å². The van der Waals surface area contributed by atoms with E-state index in [4.69, 9.17) is 0 Å². The fourth-order valence-corrected chi connectivity index (χ4v) is 2.75. The number of carbonyl (C=O) groups is 2. The number of likely N-dealkylation sites (tertiary alicyclic amines) is 1. The van der Waals surface area contributed by atoms with Crippen molar-refractivity contribution in [2.24, 2.45) is 0 Å². The maximum Gasteiger partial charge on any atom is 0.329 e. The first-order chi connectivity index (χ1) is 8.47. The Balaban J connectivity index is 2.35. The first-order valence-electron chi connectivity index (χ1n) is 5.77. The maximum atomic E-state index is 12.4. The van der Waals surface area contributed by atoms with Gasteiger partial charge in [0.05, 0.1) is 5.56 Å². The highest BCUT2D eigenvalue weighted by Gasteiger charge is 2.46. The number of aliphatic carboxylic acids is 1. The third kappa shape index (κ3) is 2.03. The summed E-state index contributed by atoms with van der Waals surface area (Å²) in [7, 11) is 0. The molecule has 0 bridgehead atoms. The lowest BCUT2D eigenvalue weighted by molar-refractivity contribution is -0.147. The molecule has 0 aliphatic carbocycles. The van der Waals surface area contributed by atoms with Crippen LogP contribution in [0.25, 0.3) is 0 Å². The highest BCUT2D eigenvalue weighted by atomic mass is 79.9. The zero-order valence-corrected chi connectivity index (χ0v) is 11.6. The Hall–Kier alpha value is -1.36. The maximum absolute atomic E-state index is 12.4. The lowest BCUT2D eigenvalue weighted by Crippen LogP contribution is -2.50. The number of benzene rings is 1. The minimum atomic E-state index is -1.09. The summed E-state index contributed by atoms with van der Waals surface area (Å²) in [4.78, 5) is 25.2. The zero-order chi connectivity index (χ0) is 13.3. The Kier molecular flexibility index (Phi) is 3.43. The molecular formula is C13H14BrNO3. The summed E-state index contributed by atoms with van der Waals surface area (Å²) in [5.74, 6) is -1.18. The summed E-state index contributed by atoms with van der Waals surface area (Å²) in [6.45, 7) is 2.10. The molecule has 0 aromatic heterocycles. The van der Waals surface area contributed by atoms with Gasteiger partial charge in [0.15, 0.2) is 0 Å². The third-order valence-corrected chi connectivity index (χ3v) is 4.14. The standard InChI is InChI=1S/C13H14BrNO3/c1-13(12(17)18)7-4-8-15(13)11(16)9-5-2-3-6-10(9)14/h2-3,5-6H,4,7-8H2,1H3,(H,17,18). The van der Waals surface area contributed by atoms with E-state index in [1.807, 2.05) is 6.07 Å². The molecule has 1 aromatic rings. The van der Waals surface area contributed by atoms with Gasteiger partial charge in [0.25, 0.3) is 5.91 Å². The van der Waals surface area contributed by atoms with Crippen LogP contribution in [0.3, 0.4) is 0 Å². The molecule has 18 heavy (non-hydrogen) atoms. The van der Waals surface area contributed by atoms with E-state index in [0.29, 0.717) is 23.0 Å². The molecular weight excluding hydrogens is 298 g/mol. The molecule has 96 valence electrons. The highest BCUT2D eigenvalue weighted by Crippen LogP contribution is 2.32. The molecule has 0 radical (unpaired) electrons. The average Bonchev–Trinajstić information content (AvgIpc) is 2.72. The van der Waals surface area contributed by atoms with Gasteiger partial charge in [-0.15, -0.1) is 0 Å². The van der Waals surface area contributed by atoms with Crippen molar-refractivity contribution in [1.82, 2.24) is 4.90 Å². The summed E-state index contributed by atoms with van der Waals surface area (Å²) in [5, 5.41) is 9.30. The van der Waals surface area contributed by atoms with Crippen LogP contribution in [0.15, 0.2) is 28.7 Å². The number of hydrogen-bond acceptors (Lipinski definition) is 2. The van der Waals surface area contributed by atoms with Gasteiger partial charge in [0.1, 0.15) is 5.54 Å². The van der Waals surface area contributed by atoms with Crippen molar-refractivity contribution in [3.05, 3.63) is 34.3 Å². The normalized spacial score (nSPS) is 23.1. The summed E-state index contributed by atoms with van der Waals surface area (Å²) < 4.78 is 0.689. The molecule has 4 nitrogen and oxygen atoms in total. The third-order valence-electron chi connectivity index (χ3n) is 3.45. The van der Waals surface area contributed by atoms with Crippen molar-refractivity contribution in [1.29, 1.82) is 0 Å².